The maximum atomic E-state index is 12.3. The molecule has 1 aromatic rings. The van der Waals surface area contributed by atoms with Gasteiger partial charge in [0.15, 0.2) is 0 Å². The number of amides is 1. The highest BCUT2D eigenvalue weighted by molar-refractivity contribution is 7.94. The third-order valence-corrected chi connectivity index (χ3v) is 6.92. The average Bonchev–Trinajstić information content (AvgIpc) is 2.71. The number of nitrogens with zero attached hydrogens (tertiary/aromatic N) is 2. The zero-order chi connectivity index (χ0) is 18.1. The second kappa shape index (κ2) is 8.00. The van der Waals surface area contributed by atoms with Gasteiger partial charge in [0.05, 0.1) is 16.3 Å². The number of hydrogen-bond acceptors (Lipinski definition) is 6. The van der Waals surface area contributed by atoms with Crippen LogP contribution < -0.4 is 9.03 Å². The van der Waals surface area contributed by atoms with Gasteiger partial charge in [-0.2, -0.15) is 0 Å². The van der Waals surface area contributed by atoms with Crippen molar-refractivity contribution in [2.75, 3.05) is 37.2 Å². The first-order valence-corrected chi connectivity index (χ1v) is 10.4. The topological polar surface area (TPSA) is 104 Å². The Morgan fingerprint density at radius 1 is 1.28 bits per heavy atom. The number of halogens is 1. The Kier molecular flexibility index (Phi) is 6.99. The molecule has 0 aliphatic carbocycles. The van der Waals surface area contributed by atoms with E-state index in [4.69, 9.17) is 0 Å². The van der Waals surface area contributed by atoms with Gasteiger partial charge in [-0.1, -0.05) is 0 Å². The lowest BCUT2D eigenvalue weighted by Crippen LogP contribution is -2.32. The third-order valence-electron chi connectivity index (χ3n) is 3.61. The fraction of sp³-hybridized carbons (Fsp3) is 0.500. The van der Waals surface area contributed by atoms with Crippen LogP contribution in [0.2, 0.25) is 0 Å². The smallest absolute Gasteiger partial charge is 0.242 e. The quantitative estimate of drug-likeness (QED) is 0.723. The molecule has 11 heteroatoms. The number of anilines is 1. The Morgan fingerprint density at radius 3 is 2.40 bits per heavy atom. The van der Waals surface area contributed by atoms with Gasteiger partial charge in [-0.05, 0) is 44.8 Å². The van der Waals surface area contributed by atoms with Crippen molar-refractivity contribution in [1.82, 2.24) is 9.62 Å². The molecule has 0 atom stereocenters. The lowest BCUT2D eigenvalue weighted by atomic mass is 10.2. The summed E-state index contributed by atoms with van der Waals surface area (Å²) in [6, 6.07) is 4.07. The normalized spacial score (nSPS) is 17.0. The van der Waals surface area contributed by atoms with Gasteiger partial charge in [0.1, 0.15) is 0 Å². The number of sulfonamides is 2. The minimum atomic E-state index is -3.70. The Balaban J connectivity index is 0.00000312. The van der Waals surface area contributed by atoms with E-state index in [0.717, 1.165) is 4.31 Å². The molecule has 0 spiro atoms. The van der Waals surface area contributed by atoms with Gasteiger partial charge >= 0.3 is 0 Å². The molecule has 1 saturated heterocycles. The van der Waals surface area contributed by atoms with Crippen LogP contribution in [0.5, 0.6) is 0 Å². The van der Waals surface area contributed by atoms with E-state index in [-0.39, 0.29) is 41.7 Å². The molecule has 2 rings (SSSR count). The molecular formula is C14H22ClN3O5S2. The lowest BCUT2D eigenvalue weighted by Gasteiger charge is -2.17. The maximum absolute atomic E-state index is 12.3. The second-order valence-corrected chi connectivity index (χ2v) is 9.55. The van der Waals surface area contributed by atoms with Gasteiger partial charge in [0.2, 0.25) is 26.0 Å². The Labute approximate surface area is 154 Å². The number of hydrogen-bond donors (Lipinski definition) is 1. The molecule has 1 amide bonds. The van der Waals surface area contributed by atoms with Crippen LogP contribution in [-0.4, -0.2) is 60.6 Å². The molecule has 1 N–H and O–H groups in total. The summed E-state index contributed by atoms with van der Waals surface area (Å²) in [6.07, 6.45) is -0.0620. The molecule has 1 fully saturated rings. The number of nitrogens with one attached hydrogen (secondary N) is 1. The SMILES string of the molecule is Cc1cc(N2C(=O)CCS2(=O)=O)ccc1S(=O)(=O)NCCN(C)C.Cl. The van der Waals surface area contributed by atoms with Gasteiger partial charge in [0, 0.05) is 19.5 Å². The number of aryl methyl sites for hydroxylation is 1. The summed E-state index contributed by atoms with van der Waals surface area (Å²) in [7, 11) is -3.69. The van der Waals surface area contributed by atoms with Crippen LogP contribution in [0.1, 0.15) is 12.0 Å². The standard InChI is InChI=1S/C14H21N3O5S2.ClH/c1-11-10-12(17-14(18)6-9-23(17,19)20)4-5-13(11)24(21,22)15-7-8-16(2)3;/h4-5,10,15H,6-9H2,1-3H3;1H. The lowest BCUT2D eigenvalue weighted by molar-refractivity contribution is -0.116. The van der Waals surface area contributed by atoms with Crippen molar-refractivity contribution >= 4 is 44.0 Å². The van der Waals surface area contributed by atoms with Gasteiger partial charge in [-0.15, -0.1) is 12.4 Å². The van der Waals surface area contributed by atoms with Crippen molar-refractivity contribution in [2.45, 2.75) is 18.2 Å². The first kappa shape index (κ1) is 21.8. The summed E-state index contributed by atoms with van der Waals surface area (Å²) in [5, 5.41) is 0. The van der Waals surface area contributed by atoms with Crippen LogP contribution in [0.25, 0.3) is 0 Å². The minimum Gasteiger partial charge on any atom is -0.308 e. The molecular weight excluding hydrogens is 390 g/mol. The van der Waals surface area contributed by atoms with Crippen molar-refractivity contribution in [1.29, 1.82) is 0 Å². The Hall–Kier alpha value is -1.20. The maximum Gasteiger partial charge on any atom is 0.242 e. The van der Waals surface area contributed by atoms with Crippen molar-refractivity contribution < 1.29 is 21.6 Å². The fourth-order valence-electron chi connectivity index (χ4n) is 2.41. The molecule has 142 valence electrons. The number of benzene rings is 1. The fourth-order valence-corrected chi connectivity index (χ4v) is 5.11. The molecule has 1 aliphatic heterocycles. The molecule has 1 heterocycles. The Bertz CT molecular complexity index is 853. The minimum absolute atomic E-state index is 0. The number of carbonyl (C=O) groups excluding carboxylic acids is 1. The van der Waals surface area contributed by atoms with Crippen molar-refractivity contribution in [3.8, 4) is 0 Å². The molecule has 25 heavy (non-hydrogen) atoms. The highest BCUT2D eigenvalue weighted by Crippen LogP contribution is 2.28. The summed E-state index contributed by atoms with van der Waals surface area (Å²) in [6.45, 7) is 2.38. The van der Waals surface area contributed by atoms with E-state index >= 15 is 0 Å². The van der Waals surface area contributed by atoms with Crippen molar-refractivity contribution in [3.63, 3.8) is 0 Å². The van der Waals surface area contributed by atoms with Crippen LogP contribution in [-0.2, 0) is 24.8 Å². The van der Waals surface area contributed by atoms with E-state index < -0.39 is 26.0 Å². The number of likely N-dealkylation sites (N-methyl/N-ethyl adjacent to an activating group) is 1. The zero-order valence-corrected chi connectivity index (χ0v) is 16.7. The third kappa shape index (κ3) is 4.91. The molecule has 0 saturated carbocycles. The van der Waals surface area contributed by atoms with Gasteiger partial charge in [-0.3, -0.25) is 4.79 Å². The summed E-state index contributed by atoms with van der Waals surface area (Å²) in [4.78, 5) is 13.7. The predicted octanol–water partition coefficient (Wildman–Crippen LogP) is 0.323. The van der Waals surface area contributed by atoms with E-state index in [1.165, 1.54) is 18.2 Å². The van der Waals surface area contributed by atoms with Gasteiger partial charge in [0.25, 0.3) is 0 Å². The van der Waals surface area contributed by atoms with E-state index in [0.29, 0.717) is 12.1 Å². The molecule has 0 aromatic heterocycles. The molecule has 1 aliphatic rings. The van der Waals surface area contributed by atoms with Crippen LogP contribution in [0.15, 0.2) is 23.1 Å². The van der Waals surface area contributed by atoms with E-state index in [2.05, 4.69) is 4.72 Å². The molecule has 0 radical (unpaired) electrons. The van der Waals surface area contributed by atoms with E-state index in [1.807, 2.05) is 19.0 Å². The summed E-state index contributed by atoms with van der Waals surface area (Å²) in [5.74, 6) is -0.731. The van der Waals surface area contributed by atoms with Crippen LogP contribution >= 0.6 is 12.4 Å². The molecule has 0 unspecified atom stereocenters. The first-order chi connectivity index (χ1) is 11.0. The molecule has 1 aromatic carbocycles. The van der Waals surface area contributed by atoms with Gasteiger partial charge in [-0.25, -0.2) is 25.9 Å². The highest BCUT2D eigenvalue weighted by Gasteiger charge is 2.36. The zero-order valence-electron chi connectivity index (χ0n) is 14.2. The van der Waals surface area contributed by atoms with Crippen molar-refractivity contribution in [3.05, 3.63) is 23.8 Å². The predicted molar refractivity (Wildman–Crippen MR) is 98.1 cm³/mol. The van der Waals surface area contributed by atoms with Gasteiger partial charge < -0.3 is 4.90 Å². The van der Waals surface area contributed by atoms with E-state index in [1.54, 1.807) is 6.92 Å². The van der Waals surface area contributed by atoms with Crippen LogP contribution in [0.3, 0.4) is 0 Å². The largest absolute Gasteiger partial charge is 0.308 e. The number of rotatable bonds is 6. The van der Waals surface area contributed by atoms with Crippen LogP contribution in [0, 0.1) is 6.92 Å². The number of carbonyl (C=O) groups is 1. The summed E-state index contributed by atoms with van der Waals surface area (Å²) < 4.78 is 51.8. The highest BCUT2D eigenvalue weighted by atomic mass is 35.5. The summed E-state index contributed by atoms with van der Waals surface area (Å²) in [5.41, 5.74) is 0.544. The van der Waals surface area contributed by atoms with Crippen LogP contribution in [0.4, 0.5) is 5.69 Å². The molecule has 0 bridgehead atoms. The van der Waals surface area contributed by atoms with E-state index in [9.17, 15) is 21.6 Å². The Morgan fingerprint density at radius 2 is 1.92 bits per heavy atom. The average molecular weight is 412 g/mol. The monoisotopic (exact) mass is 411 g/mol. The van der Waals surface area contributed by atoms with Crippen molar-refractivity contribution in [2.24, 2.45) is 0 Å². The first-order valence-electron chi connectivity index (χ1n) is 7.35. The summed E-state index contributed by atoms with van der Waals surface area (Å²) >= 11 is 0. The molecule has 8 nitrogen and oxygen atoms in total. The second-order valence-electron chi connectivity index (χ2n) is 5.88.